The molecule has 0 saturated carbocycles. The van der Waals surface area contributed by atoms with E-state index in [2.05, 4.69) is 26.6 Å². The third kappa shape index (κ3) is 3.66. The Hall–Kier alpha value is -2.19. The van der Waals surface area contributed by atoms with Crippen LogP contribution in [-0.4, -0.2) is 29.3 Å². The van der Waals surface area contributed by atoms with Crippen LogP contribution in [0.4, 0.5) is 4.79 Å². The number of imide groups is 1. The zero-order valence-electron chi connectivity index (χ0n) is 14.3. The summed E-state index contributed by atoms with van der Waals surface area (Å²) in [5.41, 5.74) is 0.585. The molecule has 3 rings (SSSR count). The van der Waals surface area contributed by atoms with Gasteiger partial charge in [0.2, 0.25) is 5.91 Å². The topological polar surface area (TPSA) is 78.5 Å². The fraction of sp³-hybridized carbons (Fsp3) is 0.278. The average Bonchev–Trinajstić information content (AvgIpc) is 3.11. The first-order valence-corrected chi connectivity index (χ1v) is 9.68. The van der Waals surface area contributed by atoms with Crippen molar-refractivity contribution >= 4 is 45.1 Å². The van der Waals surface area contributed by atoms with Crippen LogP contribution in [0, 0.1) is 6.92 Å². The molecule has 8 heteroatoms. The van der Waals surface area contributed by atoms with Crippen molar-refractivity contribution in [2.24, 2.45) is 0 Å². The van der Waals surface area contributed by atoms with Crippen LogP contribution in [0.3, 0.4) is 0 Å². The first-order valence-electron chi connectivity index (χ1n) is 8.00. The van der Waals surface area contributed by atoms with Crippen LogP contribution in [0.1, 0.15) is 22.9 Å². The second-order valence-electron chi connectivity index (χ2n) is 6.32. The zero-order chi connectivity index (χ0) is 18.9. The summed E-state index contributed by atoms with van der Waals surface area (Å²) >= 11 is 4.87. The van der Waals surface area contributed by atoms with Gasteiger partial charge in [0.25, 0.3) is 5.91 Å². The Bertz CT molecular complexity index is 865. The number of hydrogen-bond acceptors (Lipinski definition) is 4. The average molecular weight is 436 g/mol. The smallest absolute Gasteiger partial charge is 0.325 e. The lowest BCUT2D eigenvalue weighted by Crippen LogP contribution is -2.43. The number of amides is 4. The molecule has 0 radical (unpaired) electrons. The lowest BCUT2D eigenvalue weighted by Gasteiger charge is -2.22. The van der Waals surface area contributed by atoms with E-state index in [0.717, 1.165) is 19.8 Å². The quantitative estimate of drug-likeness (QED) is 0.708. The number of carbonyl (C=O) groups is 3. The predicted molar refractivity (Wildman–Crippen MR) is 103 cm³/mol. The molecule has 1 aromatic carbocycles. The minimum absolute atomic E-state index is 0.307. The Morgan fingerprint density at radius 2 is 2.00 bits per heavy atom. The van der Waals surface area contributed by atoms with Crippen LogP contribution < -0.4 is 10.6 Å². The van der Waals surface area contributed by atoms with Crippen LogP contribution in [0.25, 0.3) is 0 Å². The highest BCUT2D eigenvalue weighted by molar-refractivity contribution is 9.10. The molecule has 1 unspecified atom stereocenters. The molecular weight excluding hydrogens is 418 g/mol. The number of halogens is 1. The van der Waals surface area contributed by atoms with Gasteiger partial charge in [0.15, 0.2) is 0 Å². The molecule has 2 heterocycles. The fourth-order valence-electron chi connectivity index (χ4n) is 2.75. The molecule has 0 bridgehead atoms. The number of rotatable bonds is 5. The Morgan fingerprint density at radius 3 is 2.62 bits per heavy atom. The Balaban J connectivity index is 1.66. The summed E-state index contributed by atoms with van der Waals surface area (Å²) in [6, 6.07) is 8.74. The summed E-state index contributed by atoms with van der Waals surface area (Å²) in [6.07, 6.45) is 0. The van der Waals surface area contributed by atoms with Crippen LogP contribution in [-0.2, 0) is 21.7 Å². The van der Waals surface area contributed by atoms with E-state index in [0.29, 0.717) is 12.1 Å². The van der Waals surface area contributed by atoms with E-state index >= 15 is 0 Å². The monoisotopic (exact) mass is 435 g/mol. The number of aryl methyl sites for hydroxylation is 1. The van der Waals surface area contributed by atoms with E-state index in [9.17, 15) is 14.4 Å². The molecule has 0 aliphatic carbocycles. The van der Waals surface area contributed by atoms with E-state index in [-0.39, 0.29) is 12.5 Å². The minimum atomic E-state index is -1.16. The van der Waals surface area contributed by atoms with E-state index in [1.165, 1.54) is 11.3 Å². The molecule has 1 saturated heterocycles. The largest absolute Gasteiger partial charge is 0.350 e. The van der Waals surface area contributed by atoms with Crippen molar-refractivity contribution in [2.45, 2.75) is 25.9 Å². The molecule has 6 nitrogen and oxygen atoms in total. The zero-order valence-corrected chi connectivity index (χ0v) is 16.7. The number of urea groups is 1. The maximum Gasteiger partial charge on any atom is 0.325 e. The molecule has 2 N–H and O–H groups in total. The third-order valence-electron chi connectivity index (χ3n) is 4.29. The number of thiophene rings is 1. The maximum atomic E-state index is 12.8. The van der Waals surface area contributed by atoms with Crippen molar-refractivity contribution in [3.05, 3.63) is 56.2 Å². The van der Waals surface area contributed by atoms with Crippen molar-refractivity contribution in [1.29, 1.82) is 0 Å². The van der Waals surface area contributed by atoms with Crippen molar-refractivity contribution < 1.29 is 14.4 Å². The van der Waals surface area contributed by atoms with Gasteiger partial charge >= 0.3 is 6.03 Å². The van der Waals surface area contributed by atoms with Gasteiger partial charge < -0.3 is 10.6 Å². The minimum Gasteiger partial charge on any atom is -0.350 e. The summed E-state index contributed by atoms with van der Waals surface area (Å²) in [6.45, 7) is 3.65. The molecule has 4 amide bonds. The molecule has 1 atom stereocenters. The van der Waals surface area contributed by atoms with Crippen molar-refractivity contribution in [2.75, 3.05) is 6.54 Å². The molecule has 136 valence electrons. The molecule has 26 heavy (non-hydrogen) atoms. The summed E-state index contributed by atoms with van der Waals surface area (Å²) < 4.78 is 0.953. The van der Waals surface area contributed by atoms with Gasteiger partial charge in [0.1, 0.15) is 12.1 Å². The third-order valence-corrected chi connectivity index (χ3v) is 5.98. The second-order valence-corrected chi connectivity index (χ2v) is 8.23. The highest BCUT2D eigenvalue weighted by Gasteiger charge is 2.49. The maximum absolute atomic E-state index is 12.8. The van der Waals surface area contributed by atoms with Gasteiger partial charge in [-0.25, -0.2) is 4.79 Å². The standard InChI is InChI=1S/C18H18BrN3O3S/c1-11-3-5-12(6-4-11)18(2)16(24)22(17(25)21-18)9-15(23)20-8-14-7-13(19)10-26-14/h3-7,10H,8-9H2,1-2H3,(H,20,23)(H,21,25). The highest BCUT2D eigenvalue weighted by Crippen LogP contribution is 2.28. The van der Waals surface area contributed by atoms with E-state index in [1.54, 1.807) is 6.92 Å². The number of carbonyl (C=O) groups excluding carboxylic acids is 3. The number of benzene rings is 1. The summed E-state index contributed by atoms with van der Waals surface area (Å²) in [5, 5.41) is 7.36. The SMILES string of the molecule is Cc1ccc(C2(C)NC(=O)N(CC(=O)NCc3cc(Br)cs3)C2=O)cc1. The number of hydrogen-bond donors (Lipinski definition) is 2. The Labute approximate surface area is 163 Å². The van der Waals surface area contributed by atoms with Gasteiger partial charge in [-0.1, -0.05) is 29.8 Å². The Morgan fingerprint density at radius 1 is 1.31 bits per heavy atom. The van der Waals surface area contributed by atoms with Gasteiger partial charge in [0, 0.05) is 14.7 Å². The molecule has 1 aliphatic heterocycles. The van der Waals surface area contributed by atoms with Gasteiger partial charge in [-0.05, 0) is 41.4 Å². The van der Waals surface area contributed by atoms with E-state index < -0.39 is 17.5 Å². The lowest BCUT2D eigenvalue weighted by molar-refractivity contribution is -0.134. The van der Waals surface area contributed by atoms with Crippen LogP contribution in [0.5, 0.6) is 0 Å². The van der Waals surface area contributed by atoms with Crippen molar-refractivity contribution in [1.82, 2.24) is 15.5 Å². The predicted octanol–water partition coefficient (Wildman–Crippen LogP) is 2.90. The first-order chi connectivity index (χ1) is 12.3. The second kappa shape index (κ2) is 7.20. The summed E-state index contributed by atoms with van der Waals surface area (Å²) in [7, 11) is 0. The molecule has 1 aliphatic rings. The summed E-state index contributed by atoms with van der Waals surface area (Å²) in [5.74, 6) is -0.813. The van der Waals surface area contributed by atoms with Crippen molar-refractivity contribution in [3.63, 3.8) is 0 Å². The van der Waals surface area contributed by atoms with Crippen LogP contribution in [0.15, 0.2) is 40.2 Å². The number of nitrogens with one attached hydrogen (secondary N) is 2. The normalized spacial score (nSPS) is 19.6. The van der Waals surface area contributed by atoms with Gasteiger partial charge in [0.05, 0.1) is 6.54 Å². The van der Waals surface area contributed by atoms with Crippen LogP contribution >= 0.6 is 27.3 Å². The molecule has 1 fully saturated rings. The number of nitrogens with zero attached hydrogens (tertiary/aromatic N) is 1. The van der Waals surface area contributed by atoms with E-state index in [1.807, 2.05) is 42.6 Å². The lowest BCUT2D eigenvalue weighted by atomic mass is 9.91. The molecular formula is C18H18BrN3O3S. The van der Waals surface area contributed by atoms with Crippen molar-refractivity contribution in [3.8, 4) is 0 Å². The van der Waals surface area contributed by atoms with Crippen LogP contribution in [0.2, 0.25) is 0 Å². The van der Waals surface area contributed by atoms with Gasteiger partial charge in [-0.3, -0.25) is 14.5 Å². The first kappa shape index (κ1) is 18.6. The molecule has 0 spiro atoms. The fourth-order valence-corrected chi connectivity index (χ4v) is 4.15. The molecule has 1 aromatic heterocycles. The molecule has 2 aromatic rings. The van der Waals surface area contributed by atoms with Gasteiger partial charge in [-0.15, -0.1) is 11.3 Å². The van der Waals surface area contributed by atoms with Gasteiger partial charge in [-0.2, -0.15) is 0 Å². The van der Waals surface area contributed by atoms with E-state index in [4.69, 9.17) is 0 Å². The Kier molecular flexibility index (Phi) is 5.15. The summed E-state index contributed by atoms with van der Waals surface area (Å²) in [4.78, 5) is 39.2. The highest BCUT2D eigenvalue weighted by atomic mass is 79.9.